The van der Waals surface area contributed by atoms with Crippen LogP contribution in [0.2, 0.25) is 0 Å². The van der Waals surface area contributed by atoms with Gasteiger partial charge in [0.1, 0.15) is 6.04 Å². The summed E-state index contributed by atoms with van der Waals surface area (Å²) < 4.78 is 40.3. The number of nitrogens with zero attached hydrogens (tertiary/aromatic N) is 1. The lowest BCUT2D eigenvalue weighted by atomic mass is 10.0. The third-order valence-corrected chi connectivity index (χ3v) is 6.42. The number of rotatable bonds is 7. The predicted molar refractivity (Wildman–Crippen MR) is 125 cm³/mol. The quantitative estimate of drug-likeness (QED) is 0.376. The Morgan fingerprint density at radius 1 is 1.03 bits per heavy atom. The highest BCUT2D eigenvalue weighted by atomic mass is 32.1. The average Bonchev–Trinajstić information content (AvgIpc) is 3.48. The minimum absolute atomic E-state index is 0.0127. The molecule has 176 valence electrons. The summed E-state index contributed by atoms with van der Waals surface area (Å²) in [4.78, 5) is 31.0. The van der Waals surface area contributed by atoms with Gasteiger partial charge < -0.3 is 15.2 Å². The van der Waals surface area contributed by atoms with E-state index in [9.17, 15) is 22.8 Å². The SMILES string of the molecule is CN(Cc1ccccc1C(F)(F)F)C(=O)C(Cc1c[nH]c2ccccc12)NC(=O)c1cccs1. The fraction of sp³-hybridized carbons (Fsp3) is 0.200. The minimum atomic E-state index is -4.53. The van der Waals surface area contributed by atoms with Crippen LogP contribution in [0.3, 0.4) is 0 Å². The van der Waals surface area contributed by atoms with Crippen molar-refractivity contribution in [1.29, 1.82) is 0 Å². The van der Waals surface area contributed by atoms with Gasteiger partial charge in [0.25, 0.3) is 5.91 Å². The molecule has 0 spiro atoms. The van der Waals surface area contributed by atoms with Gasteiger partial charge >= 0.3 is 6.18 Å². The standard InChI is InChI=1S/C25H22F3N3O2S/c1-31(15-16-7-2-4-9-19(16)25(26,27)28)24(33)21(30-23(32)22-11-6-12-34-22)13-17-14-29-20-10-5-3-8-18(17)20/h2-12,14,21,29H,13,15H2,1H3,(H,30,32). The number of alkyl halides is 3. The zero-order chi connectivity index (χ0) is 24.3. The number of hydrogen-bond acceptors (Lipinski definition) is 3. The summed E-state index contributed by atoms with van der Waals surface area (Å²) in [6.45, 7) is -0.242. The maximum atomic E-state index is 13.4. The lowest BCUT2D eigenvalue weighted by molar-refractivity contribution is -0.139. The van der Waals surface area contributed by atoms with Gasteiger partial charge in [0.05, 0.1) is 10.4 Å². The van der Waals surface area contributed by atoms with Crippen LogP contribution in [0, 0.1) is 0 Å². The molecule has 2 amide bonds. The Hall–Kier alpha value is -3.59. The first kappa shape index (κ1) is 23.6. The molecule has 0 saturated heterocycles. The second-order valence-corrected chi connectivity index (χ2v) is 8.86. The molecule has 5 nitrogen and oxygen atoms in total. The maximum Gasteiger partial charge on any atom is 0.416 e. The van der Waals surface area contributed by atoms with E-state index in [2.05, 4.69) is 10.3 Å². The van der Waals surface area contributed by atoms with Gasteiger partial charge in [0.15, 0.2) is 0 Å². The third kappa shape index (κ3) is 5.14. The molecule has 4 aromatic rings. The fourth-order valence-electron chi connectivity index (χ4n) is 3.89. The highest BCUT2D eigenvalue weighted by molar-refractivity contribution is 7.12. The molecule has 1 atom stereocenters. The number of aromatic nitrogens is 1. The van der Waals surface area contributed by atoms with Crippen molar-refractivity contribution in [3.8, 4) is 0 Å². The zero-order valence-electron chi connectivity index (χ0n) is 18.2. The maximum absolute atomic E-state index is 13.4. The van der Waals surface area contributed by atoms with Crippen LogP contribution in [0.15, 0.2) is 72.2 Å². The molecule has 2 heterocycles. The van der Waals surface area contributed by atoms with E-state index in [1.807, 2.05) is 24.3 Å². The summed E-state index contributed by atoms with van der Waals surface area (Å²) >= 11 is 1.24. The van der Waals surface area contributed by atoms with Crippen LogP contribution >= 0.6 is 11.3 Å². The highest BCUT2D eigenvalue weighted by Crippen LogP contribution is 2.32. The van der Waals surface area contributed by atoms with Crippen LogP contribution < -0.4 is 5.32 Å². The molecule has 0 bridgehead atoms. The molecule has 9 heteroatoms. The molecule has 4 rings (SSSR count). The van der Waals surface area contributed by atoms with E-state index in [0.29, 0.717) is 4.88 Å². The first-order valence-electron chi connectivity index (χ1n) is 10.5. The predicted octanol–water partition coefficient (Wildman–Crippen LogP) is 5.25. The van der Waals surface area contributed by atoms with Crippen LogP contribution in [0.5, 0.6) is 0 Å². The molecule has 0 aliphatic carbocycles. The number of benzene rings is 2. The van der Waals surface area contributed by atoms with Gasteiger partial charge in [0.2, 0.25) is 5.91 Å². The van der Waals surface area contributed by atoms with Crippen molar-refractivity contribution in [1.82, 2.24) is 15.2 Å². The molecule has 0 radical (unpaired) electrons. The van der Waals surface area contributed by atoms with Gasteiger partial charge in [0, 0.05) is 37.1 Å². The van der Waals surface area contributed by atoms with E-state index in [1.165, 1.54) is 41.5 Å². The Balaban J connectivity index is 1.60. The number of likely N-dealkylation sites (N-methyl/N-ethyl adjacent to an activating group) is 1. The molecule has 0 fully saturated rings. The molecule has 2 aromatic carbocycles. The minimum Gasteiger partial charge on any atom is -0.361 e. The molecule has 2 N–H and O–H groups in total. The van der Waals surface area contributed by atoms with Gasteiger partial charge in [-0.05, 0) is 34.7 Å². The topological polar surface area (TPSA) is 65.2 Å². The Bertz CT molecular complexity index is 1300. The van der Waals surface area contributed by atoms with Crippen molar-refractivity contribution in [3.63, 3.8) is 0 Å². The Morgan fingerprint density at radius 3 is 2.50 bits per heavy atom. The largest absolute Gasteiger partial charge is 0.416 e. The molecule has 1 unspecified atom stereocenters. The van der Waals surface area contributed by atoms with Gasteiger partial charge in [-0.1, -0.05) is 42.5 Å². The number of fused-ring (bicyclic) bond motifs is 1. The smallest absolute Gasteiger partial charge is 0.361 e. The summed E-state index contributed by atoms with van der Waals surface area (Å²) in [5.41, 5.74) is 0.914. The molecule has 0 aliphatic rings. The van der Waals surface area contributed by atoms with Crippen LogP contribution in [0.1, 0.15) is 26.4 Å². The van der Waals surface area contributed by atoms with Crippen molar-refractivity contribution in [2.24, 2.45) is 0 Å². The second kappa shape index (κ2) is 9.72. The zero-order valence-corrected chi connectivity index (χ0v) is 19.0. The summed E-state index contributed by atoms with van der Waals surface area (Å²) in [6.07, 6.45) is -2.57. The third-order valence-electron chi connectivity index (χ3n) is 5.55. The number of para-hydroxylation sites is 1. The number of nitrogens with one attached hydrogen (secondary N) is 2. The monoisotopic (exact) mass is 485 g/mol. The average molecular weight is 486 g/mol. The van der Waals surface area contributed by atoms with E-state index in [-0.39, 0.29) is 18.5 Å². The van der Waals surface area contributed by atoms with E-state index in [1.54, 1.807) is 23.7 Å². The number of amides is 2. The van der Waals surface area contributed by atoms with Crippen LogP contribution in [0.4, 0.5) is 13.2 Å². The fourth-order valence-corrected chi connectivity index (χ4v) is 4.52. The molecular weight excluding hydrogens is 463 g/mol. The lowest BCUT2D eigenvalue weighted by Gasteiger charge is -2.26. The van der Waals surface area contributed by atoms with E-state index in [0.717, 1.165) is 22.5 Å². The van der Waals surface area contributed by atoms with E-state index >= 15 is 0 Å². The normalized spacial score (nSPS) is 12.5. The Labute approximate surface area is 198 Å². The summed E-state index contributed by atoms with van der Waals surface area (Å²) in [5.74, 6) is -0.885. The van der Waals surface area contributed by atoms with Gasteiger partial charge in [-0.15, -0.1) is 11.3 Å². The molecule has 0 aliphatic heterocycles. The molecular formula is C25H22F3N3O2S. The van der Waals surface area contributed by atoms with Gasteiger partial charge in [-0.3, -0.25) is 9.59 Å². The van der Waals surface area contributed by atoms with Crippen LogP contribution in [-0.2, 0) is 23.9 Å². The Kier molecular flexibility index (Phi) is 6.74. The molecule has 2 aromatic heterocycles. The number of aromatic amines is 1. The van der Waals surface area contributed by atoms with Crippen molar-refractivity contribution in [2.45, 2.75) is 25.2 Å². The molecule has 0 saturated carbocycles. The Morgan fingerprint density at radius 2 is 1.76 bits per heavy atom. The van der Waals surface area contributed by atoms with Crippen LogP contribution in [-0.4, -0.2) is 34.8 Å². The summed E-state index contributed by atoms with van der Waals surface area (Å²) in [5, 5.41) is 5.45. The van der Waals surface area contributed by atoms with Crippen molar-refractivity contribution < 1.29 is 22.8 Å². The van der Waals surface area contributed by atoms with Gasteiger partial charge in [-0.25, -0.2) is 0 Å². The van der Waals surface area contributed by atoms with Crippen LogP contribution in [0.25, 0.3) is 10.9 Å². The lowest BCUT2D eigenvalue weighted by Crippen LogP contribution is -2.48. The van der Waals surface area contributed by atoms with E-state index < -0.39 is 29.6 Å². The summed E-state index contributed by atoms with van der Waals surface area (Å²) in [6, 6.07) is 15.2. The number of hydrogen-bond donors (Lipinski definition) is 2. The number of H-pyrrole nitrogens is 1. The van der Waals surface area contributed by atoms with Crippen molar-refractivity contribution >= 4 is 34.1 Å². The summed E-state index contributed by atoms with van der Waals surface area (Å²) in [7, 11) is 1.44. The van der Waals surface area contributed by atoms with E-state index in [4.69, 9.17) is 0 Å². The number of thiophene rings is 1. The van der Waals surface area contributed by atoms with Crippen molar-refractivity contribution in [2.75, 3.05) is 7.05 Å². The van der Waals surface area contributed by atoms with Gasteiger partial charge in [-0.2, -0.15) is 13.2 Å². The highest BCUT2D eigenvalue weighted by Gasteiger charge is 2.34. The first-order chi connectivity index (χ1) is 16.2. The first-order valence-corrected chi connectivity index (χ1v) is 11.4. The second-order valence-electron chi connectivity index (χ2n) is 7.92. The van der Waals surface area contributed by atoms with Crippen molar-refractivity contribution in [3.05, 3.63) is 93.8 Å². The molecule has 34 heavy (non-hydrogen) atoms. The number of halogens is 3. The number of carbonyl (C=O) groups excluding carboxylic acids is 2. The number of carbonyl (C=O) groups is 2.